The number of ether oxygens (including phenoxy) is 1. The van der Waals surface area contributed by atoms with Crippen molar-refractivity contribution in [2.75, 3.05) is 6.61 Å². The molecule has 2 aromatic rings. The van der Waals surface area contributed by atoms with E-state index >= 15 is 0 Å². The third kappa shape index (κ3) is 2.41. The van der Waals surface area contributed by atoms with Gasteiger partial charge in [-0.1, -0.05) is 18.2 Å². The Hall–Kier alpha value is -1.97. The Kier molecular flexibility index (Phi) is 3.32. The van der Waals surface area contributed by atoms with E-state index in [4.69, 9.17) is 0 Å². The SMILES string of the molecule is CCOC(=O)C(F)c1ccc2cccnc2c1. The average Bonchev–Trinajstić information content (AvgIpc) is 2.37. The Labute approximate surface area is 98.2 Å². The molecule has 0 bridgehead atoms. The molecule has 17 heavy (non-hydrogen) atoms. The molecular formula is C13H12FNO2. The highest BCUT2D eigenvalue weighted by atomic mass is 19.1. The van der Waals surface area contributed by atoms with Gasteiger partial charge < -0.3 is 4.74 Å². The maximum absolute atomic E-state index is 13.7. The van der Waals surface area contributed by atoms with E-state index in [-0.39, 0.29) is 12.2 Å². The van der Waals surface area contributed by atoms with Gasteiger partial charge >= 0.3 is 5.97 Å². The first-order chi connectivity index (χ1) is 8.22. The number of nitrogens with zero attached hydrogens (tertiary/aromatic N) is 1. The topological polar surface area (TPSA) is 39.2 Å². The Morgan fingerprint density at radius 1 is 1.47 bits per heavy atom. The van der Waals surface area contributed by atoms with Gasteiger partial charge in [-0.15, -0.1) is 0 Å². The number of rotatable bonds is 3. The summed E-state index contributed by atoms with van der Waals surface area (Å²) in [7, 11) is 0. The largest absolute Gasteiger partial charge is 0.464 e. The molecule has 0 radical (unpaired) electrons. The fourth-order valence-corrected chi connectivity index (χ4v) is 1.59. The summed E-state index contributed by atoms with van der Waals surface area (Å²) in [5.74, 6) is -0.859. The first kappa shape index (κ1) is 11.5. The van der Waals surface area contributed by atoms with Crippen LogP contribution in [0.15, 0.2) is 36.5 Å². The first-order valence-electron chi connectivity index (χ1n) is 5.37. The Balaban J connectivity index is 2.32. The van der Waals surface area contributed by atoms with Crippen LogP contribution in [0.5, 0.6) is 0 Å². The van der Waals surface area contributed by atoms with Crippen molar-refractivity contribution in [2.45, 2.75) is 13.1 Å². The molecule has 1 heterocycles. The third-order valence-electron chi connectivity index (χ3n) is 2.42. The molecule has 0 amide bonds. The zero-order valence-corrected chi connectivity index (χ0v) is 9.39. The minimum absolute atomic E-state index is 0.172. The van der Waals surface area contributed by atoms with Gasteiger partial charge in [-0.05, 0) is 24.6 Å². The Bertz CT molecular complexity index is 542. The van der Waals surface area contributed by atoms with E-state index in [1.807, 2.05) is 6.07 Å². The molecule has 0 aliphatic carbocycles. The number of carbonyl (C=O) groups excluding carboxylic acids is 1. The second-order valence-electron chi connectivity index (χ2n) is 3.57. The quantitative estimate of drug-likeness (QED) is 0.765. The molecule has 0 saturated heterocycles. The summed E-state index contributed by atoms with van der Waals surface area (Å²) in [5, 5.41) is 0.910. The zero-order valence-electron chi connectivity index (χ0n) is 9.39. The molecule has 3 nitrogen and oxygen atoms in total. The van der Waals surface area contributed by atoms with Crippen molar-refractivity contribution < 1.29 is 13.9 Å². The summed E-state index contributed by atoms with van der Waals surface area (Å²) < 4.78 is 18.4. The molecule has 0 aliphatic heterocycles. The van der Waals surface area contributed by atoms with Gasteiger partial charge in [0, 0.05) is 11.6 Å². The number of halogens is 1. The van der Waals surface area contributed by atoms with Crippen molar-refractivity contribution in [3.8, 4) is 0 Å². The molecule has 4 heteroatoms. The third-order valence-corrected chi connectivity index (χ3v) is 2.42. The van der Waals surface area contributed by atoms with Crippen LogP contribution in [0.4, 0.5) is 4.39 Å². The Morgan fingerprint density at radius 3 is 3.06 bits per heavy atom. The summed E-state index contributed by atoms with van der Waals surface area (Å²) in [6.45, 7) is 1.82. The van der Waals surface area contributed by atoms with Gasteiger partial charge in [0.25, 0.3) is 0 Å². The standard InChI is InChI=1S/C13H12FNO2/c1-2-17-13(16)12(14)10-6-5-9-4-3-7-15-11(9)8-10/h3-8,12H,2H2,1H3. The number of alkyl halides is 1. The van der Waals surface area contributed by atoms with E-state index < -0.39 is 12.1 Å². The molecule has 0 fully saturated rings. The zero-order chi connectivity index (χ0) is 12.3. The summed E-state index contributed by atoms with van der Waals surface area (Å²) >= 11 is 0. The minimum atomic E-state index is -1.75. The average molecular weight is 233 g/mol. The van der Waals surface area contributed by atoms with E-state index in [9.17, 15) is 9.18 Å². The van der Waals surface area contributed by atoms with E-state index in [0.717, 1.165) is 5.39 Å². The highest BCUT2D eigenvalue weighted by Crippen LogP contribution is 2.22. The number of hydrogen-bond donors (Lipinski definition) is 0. The monoisotopic (exact) mass is 233 g/mol. The smallest absolute Gasteiger partial charge is 0.345 e. The van der Waals surface area contributed by atoms with Crippen LogP contribution in [-0.2, 0) is 9.53 Å². The molecule has 0 spiro atoms. The fraction of sp³-hybridized carbons (Fsp3) is 0.231. The number of carbonyl (C=O) groups is 1. The van der Waals surface area contributed by atoms with Crippen molar-refractivity contribution in [3.63, 3.8) is 0 Å². The molecule has 0 saturated carbocycles. The Morgan fingerprint density at radius 2 is 2.29 bits per heavy atom. The van der Waals surface area contributed by atoms with Crippen molar-refractivity contribution >= 4 is 16.9 Å². The lowest BCUT2D eigenvalue weighted by Gasteiger charge is -2.08. The molecule has 1 aromatic carbocycles. The molecule has 1 atom stereocenters. The lowest BCUT2D eigenvalue weighted by molar-refractivity contribution is -0.149. The van der Waals surface area contributed by atoms with Gasteiger partial charge in [-0.3, -0.25) is 4.98 Å². The predicted molar refractivity (Wildman–Crippen MR) is 62.2 cm³/mol. The van der Waals surface area contributed by atoms with Crippen LogP contribution in [0.1, 0.15) is 18.7 Å². The molecule has 2 rings (SSSR count). The van der Waals surface area contributed by atoms with E-state index in [2.05, 4.69) is 9.72 Å². The van der Waals surface area contributed by atoms with Crippen molar-refractivity contribution in [1.29, 1.82) is 0 Å². The predicted octanol–water partition coefficient (Wildman–Crippen LogP) is 2.81. The summed E-state index contributed by atoms with van der Waals surface area (Å²) in [6.07, 6.45) is -0.120. The van der Waals surface area contributed by atoms with Gasteiger partial charge in [0.15, 0.2) is 0 Å². The van der Waals surface area contributed by atoms with Crippen LogP contribution >= 0.6 is 0 Å². The first-order valence-corrected chi connectivity index (χ1v) is 5.37. The summed E-state index contributed by atoms with van der Waals surface area (Å²) in [4.78, 5) is 15.4. The molecular weight excluding hydrogens is 221 g/mol. The van der Waals surface area contributed by atoms with Crippen LogP contribution in [0.3, 0.4) is 0 Å². The lowest BCUT2D eigenvalue weighted by atomic mass is 10.1. The van der Waals surface area contributed by atoms with E-state index in [0.29, 0.717) is 5.52 Å². The van der Waals surface area contributed by atoms with Crippen LogP contribution in [-0.4, -0.2) is 17.6 Å². The van der Waals surface area contributed by atoms with Crippen molar-refractivity contribution in [2.24, 2.45) is 0 Å². The molecule has 88 valence electrons. The highest BCUT2D eigenvalue weighted by Gasteiger charge is 2.21. The normalized spacial score (nSPS) is 12.4. The number of fused-ring (bicyclic) bond motifs is 1. The molecule has 0 N–H and O–H groups in total. The summed E-state index contributed by atoms with van der Waals surface area (Å²) in [5.41, 5.74) is 0.937. The number of esters is 1. The van der Waals surface area contributed by atoms with Crippen molar-refractivity contribution in [3.05, 3.63) is 42.1 Å². The summed E-state index contributed by atoms with van der Waals surface area (Å²) in [6, 6.07) is 8.57. The van der Waals surface area contributed by atoms with Crippen LogP contribution < -0.4 is 0 Å². The van der Waals surface area contributed by atoms with Gasteiger partial charge in [0.05, 0.1) is 12.1 Å². The fourth-order valence-electron chi connectivity index (χ4n) is 1.59. The number of pyridine rings is 1. The van der Waals surface area contributed by atoms with Gasteiger partial charge in [0.1, 0.15) is 0 Å². The van der Waals surface area contributed by atoms with E-state index in [1.54, 1.807) is 37.4 Å². The number of hydrogen-bond acceptors (Lipinski definition) is 3. The molecule has 1 unspecified atom stereocenters. The number of benzene rings is 1. The second kappa shape index (κ2) is 4.91. The number of aromatic nitrogens is 1. The van der Waals surface area contributed by atoms with Crippen molar-refractivity contribution in [1.82, 2.24) is 4.98 Å². The van der Waals surface area contributed by atoms with Crippen LogP contribution in [0, 0.1) is 0 Å². The highest BCUT2D eigenvalue weighted by molar-refractivity contribution is 5.82. The van der Waals surface area contributed by atoms with Crippen LogP contribution in [0.2, 0.25) is 0 Å². The maximum atomic E-state index is 13.7. The van der Waals surface area contributed by atoms with Gasteiger partial charge in [-0.25, -0.2) is 9.18 Å². The second-order valence-corrected chi connectivity index (χ2v) is 3.57. The minimum Gasteiger partial charge on any atom is -0.464 e. The van der Waals surface area contributed by atoms with Gasteiger partial charge in [-0.2, -0.15) is 0 Å². The molecule has 1 aromatic heterocycles. The van der Waals surface area contributed by atoms with Gasteiger partial charge in [0.2, 0.25) is 6.17 Å². The van der Waals surface area contributed by atoms with Crippen LogP contribution in [0.25, 0.3) is 10.9 Å². The van der Waals surface area contributed by atoms with E-state index in [1.165, 1.54) is 0 Å². The lowest BCUT2D eigenvalue weighted by Crippen LogP contribution is -2.11. The molecule has 0 aliphatic rings. The maximum Gasteiger partial charge on any atom is 0.345 e.